The SMILES string of the molecule is CC(Oc1ccc(N)nn1)C(F)(F)F. The Morgan fingerprint density at radius 3 is 2.43 bits per heavy atom. The van der Waals surface area contributed by atoms with Crippen molar-refractivity contribution in [2.75, 3.05) is 5.73 Å². The van der Waals surface area contributed by atoms with E-state index in [-0.39, 0.29) is 11.7 Å². The molecule has 1 unspecified atom stereocenters. The Kier molecular flexibility index (Phi) is 2.78. The van der Waals surface area contributed by atoms with Crippen molar-refractivity contribution in [1.82, 2.24) is 10.2 Å². The van der Waals surface area contributed by atoms with Crippen molar-refractivity contribution < 1.29 is 17.9 Å². The number of aromatic nitrogens is 2. The molecule has 0 aliphatic heterocycles. The van der Waals surface area contributed by atoms with Gasteiger partial charge in [0.25, 0.3) is 0 Å². The first-order valence-corrected chi connectivity index (χ1v) is 3.72. The molecular weight excluding hydrogens is 199 g/mol. The molecule has 0 fully saturated rings. The normalized spacial score (nSPS) is 13.7. The van der Waals surface area contributed by atoms with Gasteiger partial charge in [0.2, 0.25) is 5.88 Å². The molecular formula is C7H8F3N3O. The molecule has 4 nitrogen and oxygen atoms in total. The van der Waals surface area contributed by atoms with Gasteiger partial charge in [0.1, 0.15) is 5.82 Å². The van der Waals surface area contributed by atoms with Crippen molar-refractivity contribution in [2.24, 2.45) is 0 Å². The molecule has 1 rings (SSSR count). The molecule has 0 aromatic carbocycles. The van der Waals surface area contributed by atoms with Crippen molar-refractivity contribution >= 4 is 5.82 Å². The van der Waals surface area contributed by atoms with Crippen LogP contribution in [0.1, 0.15) is 6.92 Å². The Morgan fingerprint density at radius 1 is 1.36 bits per heavy atom. The van der Waals surface area contributed by atoms with Gasteiger partial charge in [-0.1, -0.05) is 0 Å². The molecule has 0 saturated carbocycles. The number of hydrogen-bond acceptors (Lipinski definition) is 4. The molecule has 7 heteroatoms. The molecule has 1 atom stereocenters. The highest BCUT2D eigenvalue weighted by atomic mass is 19.4. The van der Waals surface area contributed by atoms with E-state index in [1.54, 1.807) is 0 Å². The second-order valence-electron chi connectivity index (χ2n) is 2.60. The Hall–Kier alpha value is -1.53. The predicted molar refractivity (Wildman–Crippen MR) is 42.6 cm³/mol. The van der Waals surface area contributed by atoms with Gasteiger partial charge in [-0.2, -0.15) is 13.2 Å². The van der Waals surface area contributed by atoms with Crippen molar-refractivity contribution in [3.8, 4) is 5.88 Å². The first-order chi connectivity index (χ1) is 6.39. The van der Waals surface area contributed by atoms with Crippen LogP contribution in [0.5, 0.6) is 5.88 Å². The molecule has 0 spiro atoms. The summed E-state index contributed by atoms with van der Waals surface area (Å²) >= 11 is 0. The standard InChI is InChI=1S/C7H8F3N3O/c1-4(7(8,9)10)14-6-3-2-5(11)12-13-6/h2-4H,1H3,(H2,11,12). The van der Waals surface area contributed by atoms with Gasteiger partial charge in [-0.3, -0.25) is 0 Å². The maximum absolute atomic E-state index is 12.0. The van der Waals surface area contributed by atoms with Gasteiger partial charge < -0.3 is 10.5 Å². The highest BCUT2D eigenvalue weighted by Crippen LogP contribution is 2.23. The minimum atomic E-state index is -4.41. The van der Waals surface area contributed by atoms with Crippen LogP contribution in [0.4, 0.5) is 19.0 Å². The topological polar surface area (TPSA) is 61.0 Å². The average Bonchev–Trinajstić information content (AvgIpc) is 2.07. The van der Waals surface area contributed by atoms with Crippen LogP contribution in [-0.4, -0.2) is 22.5 Å². The van der Waals surface area contributed by atoms with E-state index in [1.165, 1.54) is 12.1 Å². The second-order valence-corrected chi connectivity index (χ2v) is 2.60. The molecule has 1 heterocycles. The Bertz CT molecular complexity index is 298. The van der Waals surface area contributed by atoms with E-state index in [4.69, 9.17) is 5.73 Å². The summed E-state index contributed by atoms with van der Waals surface area (Å²) in [5, 5.41) is 6.68. The van der Waals surface area contributed by atoms with Crippen LogP contribution < -0.4 is 10.5 Å². The number of rotatable bonds is 2. The number of nitrogen functional groups attached to an aromatic ring is 1. The Labute approximate surface area is 77.9 Å². The van der Waals surface area contributed by atoms with E-state index >= 15 is 0 Å². The third-order valence-electron chi connectivity index (χ3n) is 1.42. The van der Waals surface area contributed by atoms with Gasteiger partial charge in [0, 0.05) is 6.07 Å². The third-order valence-corrected chi connectivity index (χ3v) is 1.42. The average molecular weight is 207 g/mol. The first-order valence-electron chi connectivity index (χ1n) is 3.72. The molecule has 78 valence electrons. The molecule has 0 aliphatic rings. The number of alkyl halides is 3. The molecule has 1 aromatic heterocycles. The Morgan fingerprint density at radius 2 is 2.00 bits per heavy atom. The number of ether oxygens (including phenoxy) is 1. The maximum atomic E-state index is 12.0. The van der Waals surface area contributed by atoms with Crippen LogP contribution in [-0.2, 0) is 0 Å². The van der Waals surface area contributed by atoms with Crippen LogP contribution in [0.3, 0.4) is 0 Å². The third kappa shape index (κ3) is 2.75. The maximum Gasteiger partial charge on any atom is 0.425 e. The highest BCUT2D eigenvalue weighted by molar-refractivity contribution is 5.27. The fourth-order valence-electron chi connectivity index (χ4n) is 0.641. The lowest BCUT2D eigenvalue weighted by Crippen LogP contribution is -2.31. The molecule has 0 radical (unpaired) electrons. The minimum Gasteiger partial charge on any atom is -0.464 e. The van der Waals surface area contributed by atoms with Gasteiger partial charge in [-0.15, -0.1) is 10.2 Å². The van der Waals surface area contributed by atoms with Gasteiger partial charge >= 0.3 is 6.18 Å². The quantitative estimate of drug-likeness (QED) is 0.795. The lowest BCUT2D eigenvalue weighted by molar-refractivity contribution is -0.190. The lowest BCUT2D eigenvalue weighted by atomic mass is 10.4. The van der Waals surface area contributed by atoms with Gasteiger partial charge in [0.15, 0.2) is 6.10 Å². The van der Waals surface area contributed by atoms with Crippen LogP contribution >= 0.6 is 0 Å². The fourth-order valence-corrected chi connectivity index (χ4v) is 0.641. The zero-order valence-corrected chi connectivity index (χ0v) is 7.25. The molecule has 0 amide bonds. The summed E-state index contributed by atoms with van der Waals surface area (Å²) in [6.07, 6.45) is -6.33. The summed E-state index contributed by atoms with van der Waals surface area (Å²) in [5.74, 6) is -0.0824. The molecule has 0 aliphatic carbocycles. The number of nitrogens with zero attached hydrogens (tertiary/aromatic N) is 2. The monoisotopic (exact) mass is 207 g/mol. The van der Waals surface area contributed by atoms with Gasteiger partial charge in [0.05, 0.1) is 0 Å². The smallest absolute Gasteiger partial charge is 0.425 e. The van der Waals surface area contributed by atoms with Crippen molar-refractivity contribution in [3.05, 3.63) is 12.1 Å². The number of halogens is 3. The van der Waals surface area contributed by atoms with Crippen LogP contribution in [0.25, 0.3) is 0 Å². The molecule has 2 N–H and O–H groups in total. The van der Waals surface area contributed by atoms with E-state index in [1.807, 2.05) is 0 Å². The van der Waals surface area contributed by atoms with Crippen LogP contribution in [0.15, 0.2) is 12.1 Å². The van der Waals surface area contributed by atoms with Crippen LogP contribution in [0.2, 0.25) is 0 Å². The lowest BCUT2D eigenvalue weighted by Gasteiger charge is -2.16. The van der Waals surface area contributed by atoms with E-state index in [9.17, 15) is 13.2 Å². The summed E-state index contributed by atoms with van der Waals surface area (Å²) in [6.45, 7) is 0.887. The van der Waals surface area contributed by atoms with Gasteiger partial charge in [-0.25, -0.2) is 0 Å². The summed E-state index contributed by atoms with van der Waals surface area (Å²) in [6, 6.07) is 2.54. The van der Waals surface area contributed by atoms with E-state index < -0.39 is 12.3 Å². The molecule has 1 aromatic rings. The van der Waals surface area contributed by atoms with Crippen LogP contribution in [0, 0.1) is 0 Å². The molecule has 0 bridgehead atoms. The molecule has 0 saturated heterocycles. The Balaban J connectivity index is 2.65. The van der Waals surface area contributed by atoms with E-state index in [0.717, 1.165) is 6.92 Å². The van der Waals surface area contributed by atoms with Crippen molar-refractivity contribution in [2.45, 2.75) is 19.2 Å². The number of anilines is 1. The number of nitrogens with two attached hydrogens (primary N) is 1. The molecule has 14 heavy (non-hydrogen) atoms. The van der Waals surface area contributed by atoms with Crippen molar-refractivity contribution in [3.63, 3.8) is 0 Å². The van der Waals surface area contributed by atoms with Crippen molar-refractivity contribution in [1.29, 1.82) is 0 Å². The minimum absolute atomic E-state index is 0.122. The van der Waals surface area contributed by atoms with E-state index in [2.05, 4.69) is 14.9 Å². The fraction of sp³-hybridized carbons (Fsp3) is 0.429. The largest absolute Gasteiger partial charge is 0.464 e. The summed E-state index contributed by atoms with van der Waals surface area (Å²) in [5.41, 5.74) is 5.19. The summed E-state index contributed by atoms with van der Waals surface area (Å²) in [4.78, 5) is 0. The number of hydrogen-bond donors (Lipinski definition) is 1. The summed E-state index contributed by atoms with van der Waals surface area (Å²) in [7, 11) is 0. The zero-order valence-electron chi connectivity index (χ0n) is 7.25. The highest BCUT2D eigenvalue weighted by Gasteiger charge is 2.38. The van der Waals surface area contributed by atoms with Gasteiger partial charge in [-0.05, 0) is 13.0 Å². The zero-order chi connectivity index (χ0) is 10.8. The van der Waals surface area contributed by atoms with E-state index in [0.29, 0.717) is 0 Å². The summed E-state index contributed by atoms with van der Waals surface area (Å²) < 4.78 is 40.5. The first kappa shape index (κ1) is 10.6. The predicted octanol–water partition coefficient (Wildman–Crippen LogP) is 1.39. The second kappa shape index (κ2) is 3.69.